The Morgan fingerprint density at radius 3 is 2.86 bits per heavy atom. The minimum Gasteiger partial charge on any atom is -0.356 e. The van der Waals surface area contributed by atoms with Gasteiger partial charge in [-0.15, -0.1) is 24.8 Å². The zero-order valence-electron chi connectivity index (χ0n) is 12.3. The highest BCUT2D eigenvalue weighted by Gasteiger charge is 2.06. The summed E-state index contributed by atoms with van der Waals surface area (Å²) < 4.78 is 13.0. The number of imidazole rings is 1. The van der Waals surface area contributed by atoms with Crippen LogP contribution in [0.2, 0.25) is 0 Å². The fourth-order valence-corrected chi connectivity index (χ4v) is 1.92. The number of nitrogens with two attached hydrogens (primary N) is 1. The van der Waals surface area contributed by atoms with Crippen molar-refractivity contribution in [1.29, 1.82) is 0 Å². The van der Waals surface area contributed by atoms with Crippen molar-refractivity contribution in [3.63, 3.8) is 0 Å². The molecule has 0 aliphatic heterocycles. The maximum atomic E-state index is 13.0. The summed E-state index contributed by atoms with van der Waals surface area (Å²) in [5.74, 6) is 0.430. The molecule has 0 aliphatic rings. The number of aromatic nitrogens is 2. The first kappa shape index (κ1) is 20.6. The number of rotatable bonds is 6. The van der Waals surface area contributed by atoms with Crippen molar-refractivity contribution in [3.8, 4) is 0 Å². The second kappa shape index (κ2) is 9.61. The number of hydrogen-bond donors (Lipinski definition) is 3. The number of nitrogens with one attached hydrogen (secondary N) is 2. The van der Waals surface area contributed by atoms with Crippen molar-refractivity contribution < 1.29 is 9.18 Å². The number of carbonyl (C=O) groups is 1. The van der Waals surface area contributed by atoms with Crippen molar-refractivity contribution in [3.05, 3.63) is 29.8 Å². The molecular formula is C14H21Cl2FN4O. The molecule has 1 aromatic carbocycles. The molecule has 4 N–H and O–H groups in total. The fraction of sp³-hybridized carbons (Fsp3) is 0.429. The van der Waals surface area contributed by atoms with Gasteiger partial charge in [-0.2, -0.15) is 0 Å². The van der Waals surface area contributed by atoms with E-state index in [1.54, 1.807) is 6.07 Å². The zero-order valence-corrected chi connectivity index (χ0v) is 13.9. The molecule has 1 atom stereocenters. The van der Waals surface area contributed by atoms with Crippen LogP contribution < -0.4 is 11.1 Å². The molecule has 1 amide bonds. The summed E-state index contributed by atoms with van der Waals surface area (Å²) in [6, 6.07) is 4.45. The van der Waals surface area contributed by atoms with Crippen molar-refractivity contribution >= 4 is 41.8 Å². The second-order valence-electron chi connectivity index (χ2n) is 4.96. The van der Waals surface area contributed by atoms with E-state index < -0.39 is 0 Å². The summed E-state index contributed by atoms with van der Waals surface area (Å²) in [6.45, 7) is 2.38. The Hall–Kier alpha value is -1.37. The smallest absolute Gasteiger partial charge is 0.220 e. The van der Waals surface area contributed by atoms with Gasteiger partial charge in [0.2, 0.25) is 5.91 Å². The highest BCUT2D eigenvalue weighted by atomic mass is 35.5. The number of halogens is 3. The van der Waals surface area contributed by atoms with Gasteiger partial charge in [0.15, 0.2) is 0 Å². The van der Waals surface area contributed by atoms with Crippen LogP contribution in [0.4, 0.5) is 4.39 Å². The van der Waals surface area contributed by atoms with Gasteiger partial charge in [0, 0.05) is 25.4 Å². The molecule has 8 heteroatoms. The van der Waals surface area contributed by atoms with E-state index in [2.05, 4.69) is 15.3 Å². The number of H-pyrrole nitrogens is 1. The van der Waals surface area contributed by atoms with E-state index in [9.17, 15) is 9.18 Å². The van der Waals surface area contributed by atoms with Gasteiger partial charge in [-0.3, -0.25) is 4.79 Å². The van der Waals surface area contributed by atoms with Gasteiger partial charge in [0.25, 0.3) is 0 Å². The maximum Gasteiger partial charge on any atom is 0.220 e. The van der Waals surface area contributed by atoms with Crippen LogP contribution in [0.3, 0.4) is 0 Å². The molecule has 22 heavy (non-hydrogen) atoms. The van der Waals surface area contributed by atoms with Gasteiger partial charge in [-0.1, -0.05) is 0 Å². The molecule has 1 unspecified atom stereocenters. The van der Waals surface area contributed by atoms with Gasteiger partial charge in [-0.05, 0) is 31.5 Å². The maximum absolute atomic E-state index is 13.0. The van der Waals surface area contributed by atoms with E-state index in [-0.39, 0.29) is 42.6 Å². The lowest BCUT2D eigenvalue weighted by Gasteiger charge is -2.05. The standard InChI is InChI=1S/C14H19FN4O.2ClH/c1-9(16)2-5-14(20)17-7-6-13-18-11-4-3-10(15)8-12(11)19-13;;/h3-4,8-9H,2,5-7,16H2,1H3,(H,17,20)(H,18,19);2*1H. The quantitative estimate of drug-likeness (QED) is 0.747. The number of amides is 1. The Morgan fingerprint density at radius 2 is 2.18 bits per heavy atom. The number of aromatic amines is 1. The Balaban J connectivity index is 0.00000220. The third-order valence-corrected chi connectivity index (χ3v) is 3.00. The minimum atomic E-state index is -0.295. The van der Waals surface area contributed by atoms with E-state index in [0.717, 1.165) is 11.3 Å². The molecule has 0 bridgehead atoms. The molecule has 0 radical (unpaired) electrons. The molecule has 2 aromatic rings. The van der Waals surface area contributed by atoms with Crippen LogP contribution >= 0.6 is 24.8 Å². The average Bonchev–Trinajstić information content (AvgIpc) is 2.78. The molecule has 0 saturated heterocycles. The van der Waals surface area contributed by atoms with Crippen LogP contribution in [0.25, 0.3) is 11.0 Å². The summed E-state index contributed by atoms with van der Waals surface area (Å²) >= 11 is 0. The summed E-state index contributed by atoms with van der Waals surface area (Å²) in [5, 5.41) is 2.81. The number of nitrogens with zero attached hydrogens (tertiary/aromatic N) is 1. The first-order chi connectivity index (χ1) is 9.54. The summed E-state index contributed by atoms with van der Waals surface area (Å²) in [6.07, 6.45) is 1.69. The molecular weight excluding hydrogens is 330 g/mol. The fourth-order valence-electron chi connectivity index (χ4n) is 1.92. The van der Waals surface area contributed by atoms with E-state index in [0.29, 0.717) is 31.3 Å². The van der Waals surface area contributed by atoms with Gasteiger partial charge >= 0.3 is 0 Å². The van der Waals surface area contributed by atoms with E-state index in [1.807, 2.05) is 6.92 Å². The number of benzene rings is 1. The highest BCUT2D eigenvalue weighted by Crippen LogP contribution is 2.12. The van der Waals surface area contributed by atoms with Crippen LogP contribution in [-0.4, -0.2) is 28.5 Å². The van der Waals surface area contributed by atoms with Crippen LogP contribution in [0.5, 0.6) is 0 Å². The van der Waals surface area contributed by atoms with Gasteiger partial charge < -0.3 is 16.0 Å². The highest BCUT2D eigenvalue weighted by molar-refractivity contribution is 5.85. The average molecular weight is 351 g/mol. The first-order valence-corrected chi connectivity index (χ1v) is 6.71. The molecule has 2 rings (SSSR count). The molecule has 0 spiro atoms. The van der Waals surface area contributed by atoms with Crippen LogP contribution in [0, 0.1) is 5.82 Å². The lowest BCUT2D eigenvalue weighted by Crippen LogP contribution is -2.27. The van der Waals surface area contributed by atoms with Crippen molar-refractivity contribution in [2.24, 2.45) is 5.73 Å². The second-order valence-corrected chi connectivity index (χ2v) is 4.96. The van der Waals surface area contributed by atoms with Gasteiger partial charge in [0.05, 0.1) is 11.0 Å². The molecule has 5 nitrogen and oxygen atoms in total. The van der Waals surface area contributed by atoms with E-state index >= 15 is 0 Å². The molecule has 1 aromatic heterocycles. The predicted molar refractivity (Wildman–Crippen MR) is 90.1 cm³/mol. The van der Waals surface area contributed by atoms with Crippen molar-refractivity contribution in [2.45, 2.75) is 32.2 Å². The van der Waals surface area contributed by atoms with Crippen molar-refractivity contribution in [1.82, 2.24) is 15.3 Å². The molecule has 1 heterocycles. The third kappa shape index (κ3) is 6.17. The lowest BCUT2D eigenvalue weighted by atomic mass is 10.2. The summed E-state index contributed by atoms with van der Waals surface area (Å²) in [5.41, 5.74) is 6.99. The zero-order chi connectivity index (χ0) is 14.5. The molecule has 0 fully saturated rings. The predicted octanol–water partition coefficient (Wildman–Crippen LogP) is 2.33. The lowest BCUT2D eigenvalue weighted by molar-refractivity contribution is -0.121. The Labute approximate surface area is 141 Å². The normalized spacial score (nSPS) is 11.4. The molecule has 124 valence electrons. The largest absolute Gasteiger partial charge is 0.356 e. The van der Waals surface area contributed by atoms with Crippen LogP contribution in [0.1, 0.15) is 25.6 Å². The molecule has 0 aliphatic carbocycles. The van der Waals surface area contributed by atoms with Crippen molar-refractivity contribution in [2.75, 3.05) is 6.54 Å². The minimum absolute atomic E-state index is 0. The number of hydrogen-bond acceptors (Lipinski definition) is 3. The van der Waals surface area contributed by atoms with E-state index in [4.69, 9.17) is 5.73 Å². The monoisotopic (exact) mass is 350 g/mol. The summed E-state index contributed by atoms with van der Waals surface area (Å²) in [7, 11) is 0. The van der Waals surface area contributed by atoms with Gasteiger partial charge in [-0.25, -0.2) is 9.37 Å². The van der Waals surface area contributed by atoms with Crippen LogP contribution in [0.15, 0.2) is 18.2 Å². The van der Waals surface area contributed by atoms with Gasteiger partial charge in [0.1, 0.15) is 11.6 Å². The topological polar surface area (TPSA) is 83.8 Å². The van der Waals surface area contributed by atoms with E-state index in [1.165, 1.54) is 12.1 Å². The Bertz CT molecular complexity index is 604. The molecule has 0 saturated carbocycles. The summed E-state index contributed by atoms with van der Waals surface area (Å²) in [4.78, 5) is 18.9. The number of fused-ring (bicyclic) bond motifs is 1. The SMILES string of the molecule is CC(N)CCC(=O)NCCc1nc2ccc(F)cc2[nH]1.Cl.Cl. The third-order valence-electron chi connectivity index (χ3n) is 3.00. The Kier molecular flexibility index (Phi) is 9.01. The Morgan fingerprint density at radius 1 is 1.45 bits per heavy atom. The first-order valence-electron chi connectivity index (χ1n) is 6.71. The van der Waals surface area contributed by atoms with Crippen LogP contribution in [-0.2, 0) is 11.2 Å². The number of carbonyl (C=O) groups excluding carboxylic acids is 1.